The van der Waals surface area contributed by atoms with Crippen molar-refractivity contribution in [1.29, 1.82) is 5.26 Å². The van der Waals surface area contributed by atoms with E-state index in [2.05, 4.69) is 16.3 Å². The van der Waals surface area contributed by atoms with Gasteiger partial charge >= 0.3 is 0 Å². The van der Waals surface area contributed by atoms with Gasteiger partial charge in [0, 0.05) is 0 Å². The smallest absolute Gasteiger partial charge is 0.0899 e. The zero-order valence-corrected chi connectivity index (χ0v) is 7.46. The maximum Gasteiger partial charge on any atom is 0.0899 e. The van der Waals surface area contributed by atoms with Crippen molar-refractivity contribution in [2.75, 3.05) is 0 Å². The van der Waals surface area contributed by atoms with Crippen molar-refractivity contribution in [2.24, 2.45) is 0 Å². The third-order valence-corrected chi connectivity index (χ3v) is 1.90. The quantitative estimate of drug-likeness (QED) is 0.707. The molecular weight excluding hydrogens is 176 g/mol. The Labute approximate surface area is 81.4 Å². The first kappa shape index (κ1) is 8.45. The predicted octanol–water partition coefficient (Wildman–Crippen LogP) is 1.33. The fourth-order valence-electron chi connectivity index (χ4n) is 1.28. The second-order valence-electron chi connectivity index (χ2n) is 2.78. The van der Waals surface area contributed by atoms with Crippen molar-refractivity contribution in [1.82, 2.24) is 15.0 Å². The number of aromatic nitrogens is 3. The van der Waals surface area contributed by atoms with Gasteiger partial charge in [0.15, 0.2) is 0 Å². The van der Waals surface area contributed by atoms with Crippen LogP contribution in [-0.2, 0) is 6.42 Å². The van der Waals surface area contributed by atoms with Crippen LogP contribution in [0.25, 0.3) is 5.69 Å². The van der Waals surface area contributed by atoms with E-state index in [1.165, 1.54) is 4.80 Å². The first-order chi connectivity index (χ1) is 6.92. The molecule has 0 spiro atoms. The van der Waals surface area contributed by atoms with E-state index in [1.54, 1.807) is 12.4 Å². The number of nitrogens with zero attached hydrogens (tertiary/aromatic N) is 4. The van der Waals surface area contributed by atoms with E-state index in [4.69, 9.17) is 5.26 Å². The SMILES string of the molecule is N#CCc1ccccc1-n1nccn1. The molecule has 0 amide bonds. The highest BCUT2D eigenvalue weighted by Crippen LogP contribution is 2.12. The zero-order chi connectivity index (χ0) is 9.80. The van der Waals surface area contributed by atoms with Crippen LogP contribution in [-0.4, -0.2) is 15.0 Å². The van der Waals surface area contributed by atoms with Crippen LogP contribution in [0.5, 0.6) is 0 Å². The summed E-state index contributed by atoms with van der Waals surface area (Å²) in [7, 11) is 0. The molecule has 1 heterocycles. The summed E-state index contributed by atoms with van der Waals surface area (Å²) in [5.41, 5.74) is 1.80. The number of para-hydroxylation sites is 1. The first-order valence-electron chi connectivity index (χ1n) is 4.23. The Balaban J connectivity index is 2.48. The average Bonchev–Trinajstić information content (AvgIpc) is 2.72. The molecule has 1 aromatic heterocycles. The Morgan fingerprint density at radius 3 is 2.64 bits per heavy atom. The van der Waals surface area contributed by atoms with Crippen molar-refractivity contribution >= 4 is 0 Å². The van der Waals surface area contributed by atoms with Gasteiger partial charge in [-0.25, -0.2) is 0 Å². The molecule has 4 heteroatoms. The summed E-state index contributed by atoms with van der Waals surface area (Å²) in [6, 6.07) is 9.72. The summed E-state index contributed by atoms with van der Waals surface area (Å²) in [6.45, 7) is 0. The van der Waals surface area contributed by atoms with Gasteiger partial charge in [-0.1, -0.05) is 18.2 Å². The topological polar surface area (TPSA) is 54.5 Å². The summed E-state index contributed by atoms with van der Waals surface area (Å²) in [4.78, 5) is 1.52. The molecule has 0 aliphatic carbocycles. The van der Waals surface area contributed by atoms with Gasteiger partial charge in [0.2, 0.25) is 0 Å². The van der Waals surface area contributed by atoms with Crippen molar-refractivity contribution in [3.05, 3.63) is 42.2 Å². The van der Waals surface area contributed by atoms with E-state index in [1.807, 2.05) is 24.3 Å². The summed E-state index contributed by atoms with van der Waals surface area (Å²) in [5, 5.41) is 16.7. The maximum absolute atomic E-state index is 8.64. The highest BCUT2D eigenvalue weighted by atomic mass is 15.5. The van der Waals surface area contributed by atoms with Gasteiger partial charge < -0.3 is 0 Å². The highest BCUT2D eigenvalue weighted by Gasteiger charge is 2.03. The van der Waals surface area contributed by atoms with Gasteiger partial charge in [-0.3, -0.25) is 0 Å². The van der Waals surface area contributed by atoms with E-state index in [0.29, 0.717) is 6.42 Å². The molecule has 0 aliphatic rings. The summed E-state index contributed by atoms with van der Waals surface area (Å²) in [6.07, 6.45) is 3.60. The molecule has 2 rings (SSSR count). The molecule has 4 nitrogen and oxygen atoms in total. The lowest BCUT2D eigenvalue weighted by Gasteiger charge is -2.03. The summed E-state index contributed by atoms with van der Waals surface area (Å²) >= 11 is 0. The van der Waals surface area contributed by atoms with E-state index in [-0.39, 0.29) is 0 Å². The molecular formula is C10H8N4. The van der Waals surface area contributed by atoms with E-state index in [9.17, 15) is 0 Å². The lowest BCUT2D eigenvalue weighted by molar-refractivity contribution is 0.745. The van der Waals surface area contributed by atoms with Crippen LogP contribution in [0.4, 0.5) is 0 Å². The van der Waals surface area contributed by atoms with Crippen molar-refractivity contribution in [3.63, 3.8) is 0 Å². The lowest BCUT2D eigenvalue weighted by atomic mass is 10.1. The minimum Gasteiger partial charge on any atom is -0.198 e. The standard InChI is InChI=1S/C10H8N4/c11-6-5-9-3-1-2-4-10(9)14-12-7-8-13-14/h1-4,7-8H,5H2. The third kappa shape index (κ3) is 1.48. The third-order valence-electron chi connectivity index (χ3n) is 1.90. The van der Waals surface area contributed by atoms with Crippen LogP contribution in [0.15, 0.2) is 36.7 Å². The molecule has 1 aromatic carbocycles. The largest absolute Gasteiger partial charge is 0.198 e. The molecule has 14 heavy (non-hydrogen) atoms. The Kier molecular flexibility index (Phi) is 2.24. The molecule has 2 aromatic rings. The molecule has 0 N–H and O–H groups in total. The molecule has 0 radical (unpaired) electrons. The first-order valence-corrected chi connectivity index (χ1v) is 4.23. The summed E-state index contributed by atoms with van der Waals surface area (Å²) < 4.78 is 0. The Morgan fingerprint density at radius 2 is 1.93 bits per heavy atom. The van der Waals surface area contributed by atoms with Gasteiger partial charge in [0.25, 0.3) is 0 Å². The van der Waals surface area contributed by atoms with Gasteiger partial charge in [0.05, 0.1) is 30.6 Å². The Morgan fingerprint density at radius 1 is 1.21 bits per heavy atom. The maximum atomic E-state index is 8.64. The van der Waals surface area contributed by atoms with E-state index < -0.39 is 0 Å². The van der Waals surface area contributed by atoms with Gasteiger partial charge in [-0.15, -0.1) is 0 Å². The second kappa shape index (κ2) is 3.71. The number of rotatable bonds is 2. The number of benzene rings is 1. The molecule has 0 bridgehead atoms. The monoisotopic (exact) mass is 184 g/mol. The van der Waals surface area contributed by atoms with Crippen LogP contribution in [0.2, 0.25) is 0 Å². The van der Waals surface area contributed by atoms with E-state index in [0.717, 1.165) is 11.3 Å². The fraction of sp³-hybridized carbons (Fsp3) is 0.100. The average molecular weight is 184 g/mol. The molecule has 0 saturated carbocycles. The van der Waals surface area contributed by atoms with Crippen molar-refractivity contribution in [2.45, 2.75) is 6.42 Å². The lowest BCUT2D eigenvalue weighted by Crippen LogP contribution is -2.02. The number of hydrogen-bond donors (Lipinski definition) is 0. The van der Waals surface area contributed by atoms with Gasteiger partial charge in [0.1, 0.15) is 0 Å². The van der Waals surface area contributed by atoms with Crippen molar-refractivity contribution < 1.29 is 0 Å². The minimum atomic E-state index is 0.373. The Hall–Kier alpha value is -2.15. The van der Waals surface area contributed by atoms with Crippen LogP contribution in [0, 0.1) is 11.3 Å². The van der Waals surface area contributed by atoms with Gasteiger partial charge in [-0.05, 0) is 11.6 Å². The molecule has 68 valence electrons. The Bertz CT molecular complexity index is 453. The number of nitriles is 1. The van der Waals surface area contributed by atoms with Crippen LogP contribution >= 0.6 is 0 Å². The minimum absolute atomic E-state index is 0.373. The zero-order valence-electron chi connectivity index (χ0n) is 7.46. The molecule has 0 saturated heterocycles. The molecule has 0 atom stereocenters. The normalized spacial score (nSPS) is 9.64. The fourth-order valence-corrected chi connectivity index (χ4v) is 1.28. The summed E-state index contributed by atoms with van der Waals surface area (Å²) in [5.74, 6) is 0. The molecule has 0 fully saturated rings. The van der Waals surface area contributed by atoms with Gasteiger partial charge in [-0.2, -0.15) is 20.3 Å². The molecule has 0 aliphatic heterocycles. The van der Waals surface area contributed by atoms with Crippen LogP contribution in [0.1, 0.15) is 5.56 Å². The number of hydrogen-bond acceptors (Lipinski definition) is 3. The van der Waals surface area contributed by atoms with Crippen LogP contribution in [0.3, 0.4) is 0 Å². The van der Waals surface area contributed by atoms with Crippen molar-refractivity contribution in [3.8, 4) is 11.8 Å². The second-order valence-corrected chi connectivity index (χ2v) is 2.78. The van der Waals surface area contributed by atoms with E-state index >= 15 is 0 Å². The predicted molar refractivity (Wildman–Crippen MR) is 50.7 cm³/mol. The highest BCUT2D eigenvalue weighted by molar-refractivity contribution is 5.40. The van der Waals surface area contributed by atoms with Crippen LogP contribution < -0.4 is 0 Å². The molecule has 0 unspecified atom stereocenters.